The Labute approximate surface area is 161 Å². The van der Waals surface area contributed by atoms with Gasteiger partial charge in [0.05, 0.1) is 6.10 Å². The van der Waals surface area contributed by atoms with Crippen LogP contribution in [0.2, 0.25) is 0 Å². The maximum absolute atomic E-state index is 6.05. The molecule has 0 amide bonds. The van der Waals surface area contributed by atoms with Crippen molar-refractivity contribution in [2.75, 3.05) is 21.0 Å². The molecular formula is C23H39NO2. The molecule has 0 radical (unpaired) electrons. The van der Waals surface area contributed by atoms with E-state index in [0.29, 0.717) is 18.9 Å². The normalized spacial score (nSPS) is 23.6. The smallest absolute Gasteiger partial charge is 0.146 e. The molecule has 0 spiro atoms. The number of likely N-dealkylation sites (tertiary alicyclic amines) is 1. The topological polar surface area (TPSA) is 21.7 Å². The second-order valence-corrected chi connectivity index (χ2v) is 7.83. The van der Waals surface area contributed by atoms with E-state index in [0.717, 1.165) is 12.8 Å². The summed E-state index contributed by atoms with van der Waals surface area (Å²) in [4.78, 5) is 2.57. The largest absolute Gasteiger partial charge is 0.359 e. The van der Waals surface area contributed by atoms with Gasteiger partial charge in [-0.25, -0.2) is 0 Å². The Kier molecular flexibility index (Phi) is 10.3. The van der Waals surface area contributed by atoms with E-state index in [4.69, 9.17) is 9.47 Å². The molecule has 1 heterocycles. The Hall–Kier alpha value is -0.900. The van der Waals surface area contributed by atoms with Crippen molar-refractivity contribution in [1.29, 1.82) is 0 Å². The third-order valence-corrected chi connectivity index (χ3v) is 5.86. The van der Waals surface area contributed by atoms with Crippen molar-refractivity contribution >= 4 is 0 Å². The van der Waals surface area contributed by atoms with Gasteiger partial charge in [-0.2, -0.15) is 0 Å². The number of likely N-dealkylation sites (N-methyl/N-ethyl adjacent to an activating group) is 1. The van der Waals surface area contributed by atoms with Crippen molar-refractivity contribution in [3.05, 3.63) is 35.9 Å². The van der Waals surface area contributed by atoms with Gasteiger partial charge in [0.15, 0.2) is 0 Å². The minimum absolute atomic E-state index is 0.273. The summed E-state index contributed by atoms with van der Waals surface area (Å²) in [6.07, 6.45) is 13.4. The maximum Gasteiger partial charge on any atom is 0.146 e. The van der Waals surface area contributed by atoms with E-state index in [2.05, 4.69) is 49.2 Å². The number of nitrogens with zero attached hydrogens (tertiary/aromatic N) is 1. The summed E-state index contributed by atoms with van der Waals surface area (Å²) in [6.45, 7) is 2.68. The SMILES string of the molecule is CCCCCCCCC[C@@H]1C[C@H](OCOC)[C@H](Cc2ccccc2)N1C. The summed E-state index contributed by atoms with van der Waals surface area (Å²) in [5, 5.41) is 0. The molecule has 1 aliphatic heterocycles. The molecule has 26 heavy (non-hydrogen) atoms. The molecule has 1 aliphatic rings. The molecule has 1 fully saturated rings. The van der Waals surface area contributed by atoms with E-state index >= 15 is 0 Å². The van der Waals surface area contributed by atoms with Gasteiger partial charge in [0.1, 0.15) is 6.79 Å². The number of methoxy groups -OCH3 is 1. The first-order valence-electron chi connectivity index (χ1n) is 10.6. The van der Waals surface area contributed by atoms with Gasteiger partial charge in [0, 0.05) is 19.2 Å². The van der Waals surface area contributed by atoms with Crippen LogP contribution in [-0.2, 0) is 15.9 Å². The Morgan fingerprint density at radius 3 is 2.38 bits per heavy atom. The molecule has 3 heteroatoms. The van der Waals surface area contributed by atoms with Crippen LogP contribution in [0.5, 0.6) is 0 Å². The van der Waals surface area contributed by atoms with Crippen LogP contribution in [-0.4, -0.2) is 44.0 Å². The average molecular weight is 362 g/mol. The van der Waals surface area contributed by atoms with Crippen molar-refractivity contribution < 1.29 is 9.47 Å². The summed E-state index contributed by atoms with van der Waals surface area (Å²) in [6, 6.07) is 11.9. The molecule has 148 valence electrons. The van der Waals surface area contributed by atoms with Crippen molar-refractivity contribution in [1.82, 2.24) is 4.90 Å². The molecule has 0 saturated carbocycles. The maximum atomic E-state index is 6.05. The fourth-order valence-electron chi connectivity index (χ4n) is 4.25. The highest BCUT2D eigenvalue weighted by Crippen LogP contribution is 2.31. The van der Waals surface area contributed by atoms with Gasteiger partial charge in [-0.15, -0.1) is 0 Å². The fourth-order valence-corrected chi connectivity index (χ4v) is 4.25. The third kappa shape index (κ3) is 7.02. The van der Waals surface area contributed by atoms with Crippen LogP contribution in [0.25, 0.3) is 0 Å². The van der Waals surface area contributed by atoms with Crippen LogP contribution in [0, 0.1) is 0 Å². The first kappa shape index (κ1) is 21.4. The quantitative estimate of drug-likeness (QED) is 0.345. The zero-order chi connectivity index (χ0) is 18.6. The highest BCUT2D eigenvalue weighted by molar-refractivity contribution is 5.17. The van der Waals surface area contributed by atoms with Gasteiger partial charge < -0.3 is 9.47 Å². The molecule has 0 unspecified atom stereocenters. The van der Waals surface area contributed by atoms with Gasteiger partial charge in [-0.3, -0.25) is 4.90 Å². The van der Waals surface area contributed by atoms with Crippen LogP contribution in [0.4, 0.5) is 0 Å². The standard InChI is InChI=1S/C23H39NO2/c1-4-5-6-7-8-9-13-16-21-18-23(26-19-25-3)22(24(21)2)17-20-14-11-10-12-15-20/h10-12,14-15,21-23H,4-9,13,16-19H2,1-3H3/t21-,22+,23+/m1/s1. The van der Waals surface area contributed by atoms with E-state index in [-0.39, 0.29) is 6.10 Å². The lowest BCUT2D eigenvalue weighted by atomic mass is 10.0. The summed E-state index contributed by atoms with van der Waals surface area (Å²) in [7, 11) is 4.00. The predicted octanol–water partition coefficient (Wildman–Crippen LogP) is 5.43. The average Bonchev–Trinajstić information content (AvgIpc) is 2.95. The van der Waals surface area contributed by atoms with Crippen LogP contribution < -0.4 is 0 Å². The number of hydrogen-bond donors (Lipinski definition) is 0. The minimum Gasteiger partial charge on any atom is -0.359 e. The number of ether oxygens (including phenoxy) is 2. The molecule has 1 saturated heterocycles. The lowest BCUT2D eigenvalue weighted by Gasteiger charge is -2.27. The molecule has 3 nitrogen and oxygen atoms in total. The number of hydrogen-bond acceptors (Lipinski definition) is 3. The van der Waals surface area contributed by atoms with Crippen molar-refractivity contribution in [2.24, 2.45) is 0 Å². The van der Waals surface area contributed by atoms with E-state index < -0.39 is 0 Å². The predicted molar refractivity (Wildman–Crippen MR) is 109 cm³/mol. The molecule has 1 aromatic rings. The summed E-state index contributed by atoms with van der Waals surface area (Å²) in [5.74, 6) is 0. The number of benzene rings is 1. The molecule has 1 aromatic carbocycles. The van der Waals surface area contributed by atoms with E-state index in [1.54, 1.807) is 7.11 Å². The Morgan fingerprint density at radius 1 is 1.00 bits per heavy atom. The molecule has 0 aliphatic carbocycles. The lowest BCUT2D eigenvalue weighted by Crippen LogP contribution is -2.38. The molecule has 0 aromatic heterocycles. The Morgan fingerprint density at radius 2 is 1.69 bits per heavy atom. The molecular weight excluding hydrogens is 322 g/mol. The minimum atomic E-state index is 0.273. The summed E-state index contributed by atoms with van der Waals surface area (Å²) >= 11 is 0. The van der Waals surface area contributed by atoms with Crippen molar-refractivity contribution in [3.63, 3.8) is 0 Å². The van der Waals surface area contributed by atoms with Crippen LogP contribution in [0.1, 0.15) is 70.3 Å². The second kappa shape index (κ2) is 12.5. The van der Waals surface area contributed by atoms with Crippen molar-refractivity contribution in [2.45, 2.75) is 89.3 Å². The van der Waals surface area contributed by atoms with Crippen LogP contribution in [0.15, 0.2) is 30.3 Å². The second-order valence-electron chi connectivity index (χ2n) is 7.83. The van der Waals surface area contributed by atoms with Gasteiger partial charge in [0.2, 0.25) is 0 Å². The zero-order valence-electron chi connectivity index (χ0n) is 17.2. The third-order valence-electron chi connectivity index (χ3n) is 5.86. The van der Waals surface area contributed by atoms with Gasteiger partial charge in [-0.1, -0.05) is 82.2 Å². The Balaban J connectivity index is 1.80. The van der Waals surface area contributed by atoms with E-state index in [9.17, 15) is 0 Å². The van der Waals surface area contributed by atoms with Crippen LogP contribution in [0.3, 0.4) is 0 Å². The summed E-state index contributed by atoms with van der Waals surface area (Å²) in [5.41, 5.74) is 1.40. The molecule has 0 N–H and O–H groups in total. The van der Waals surface area contributed by atoms with Gasteiger partial charge in [0.25, 0.3) is 0 Å². The van der Waals surface area contributed by atoms with Gasteiger partial charge in [-0.05, 0) is 31.9 Å². The number of rotatable bonds is 13. The zero-order valence-corrected chi connectivity index (χ0v) is 17.2. The lowest BCUT2D eigenvalue weighted by molar-refractivity contribution is -0.0796. The Bertz CT molecular complexity index is 465. The highest BCUT2D eigenvalue weighted by atomic mass is 16.7. The van der Waals surface area contributed by atoms with Gasteiger partial charge >= 0.3 is 0 Å². The first-order chi connectivity index (χ1) is 12.8. The fraction of sp³-hybridized carbons (Fsp3) is 0.739. The first-order valence-corrected chi connectivity index (χ1v) is 10.6. The highest BCUT2D eigenvalue weighted by Gasteiger charge is 2.39. The monoisotopic (exact) mass is 361 g/mol. The van der Waals surface area contributed by atoms with E-state index in [1.165, 1.54) is 56.9 Å². The molecule has 2 rings (SSSR count). The van der Waals surface area contributed by atoms with Crippen molar-refractivity contribution in [3.8, 4) is 0 Å². The molecule has 0 bridgehead atoms. The van der Waals surface area contributed by atoms with E-state index in [1.807, 2.05) is 0 Å². The van der Waals surface area contributed by atoms with Crippen LogP contribution >= 0.6 is 0 Å². The molecule has 3 atom stereocenters. The number of unbranched alkanes of at least 4 members (excludes halogenated alkanes) is 6. The summed E-state index contributed by atoms with van der Waals surface area (Å²) < 4.78 is 11.2.